The SMILES string of the molecule is CCCCCCCCCCC1CCC(NC(=O)CC(C(=O)NC2CCC(CCCCCCCCCC)CC2)C(CC(=O)NC2CCC(CCCCCCCCCC)CC2)C(=O)NC2CCC(CCCCCCCCCC)CC2)CC1. The quantitative estimate of drug-likeness (QED) is 0.0454. The van der Waals surface area contributed by atoms with E-state index in [-0.39, 0.29) is 60.6 Å². The van der Waals surface area contributed by atoms with Gasteiger partial charge in [-0.15, -0.1) is 0 Å². The van der Waals surface area contributed by atoms with Crippen LogP contribution in [0.1, 0.15) is 374 Å². The fourth-order valence-electron chi connectivity index (χ4n) is 15.1. The summed E-state index contributed by atoms with van der Waals surface area (Å²) in [6, 6.07) is 0.266. The van der Waals surface area contributed by atoms with Crippen LogP contribution in [0.4, 0.5) is 0 Å². The van der Waals surface area contributed by atoms with Crippen LogP contribution in [0.5, 0.6) is 0 Å². The average molecular weight is 1120 g/mol. The smallest absolute Gasteiger partial charge is 0.224 e. The van der Waals surface area contributed by atoms with E-state index in [4.69, 9.17) is 0 Å². The minimum absolute atomic E-state index is 0.0362. The van der Waals surface area contributed by atoms with Gasteiger partial charge in [0.05, 0.1) is 11.8 Å². The lowest BCUT2D eigenvalue weighted by molar-refractivity contribution is -0.141. The van der Waals surface area contributed by atoms with E-state index in [1.54, 1.807) is 0 Å². The topological polar surface area (TPSA) is 116 Å². The molecule has 8 heteroatoms. The first kappa shape index (κ1) is 70.4. The van der Waals surface area contributed by atoms with Crippen molar-refractivity contribution in [1.82, 2.24) is 21.3 Å². The highest BCUT2D eigenvalue weighted by atomic mass is 16.2. The molecule has 0 heterocycles. The maximum absolute atomic E-state index is 15.0. The number of rotatable bonds is 47. The van der Waals surface area contributed by atoms with Crippen LogP contribution >= 0.6 is 0 Å². The molecule has 4 aliphatic rings. The van der Waals surface area contributed by atoms with Gasteiger partial charge in [-0.3, -0.25) is 19.2 Å². The summed E-state index contributed by atoms with van der Waals surface area (Å²) in [6.45, 7) is 9.14. The molecular formula is C72H134N4O4. The zero-order chi connectivity index (χ0) is 57.1. The molecule has 466 valence electrons. The second kappa shape index (κ2) is 46.2. The van der Waals surface area contributed by atoms with Gasteiger partial charge in [0.2, 0.25) is 23.6 Å². The maximum Gasteiger partial charge on any atom is 0.224 e. The van der Waals surface area contributed by atoms with Crippen LogP contribution in [0.15, 0.2) is 0 Å². The van der Waals surface area contributed by atoms with Gasteiger partial charge in [0.15, 0.2) is 0 Å². The molecule has 0 aromatic heterocycles. The Bertz CT molecular complexity index is 1410. The van der Waals surface area contributed by atoms with Crippen molar-refractivity contribution < 1.29 is 19.2 Å². The fourth-order valence-corrected chi connectivity index (χ4v) is 15.1. The molecule has 0 bridgehead atoms. The molecule has 4 amide bonds. The number of unbranched alkanes of at least 4 members (excludes halogenated alkanes) is 28. The highest BCUT2D eigenvalue weighted by Gasteiger charge is 2.40. The molecule has 0 spiro atoms. The van der Waals surface area contributed by atoms with E-state index in [9.17, 15) is 19.2 Å². The van der Waals surface area contributed by atoms with Crippen LogP contribution in [0, 0.1) is 35.5 Å². The highest BCUT2D eigenvalue weighted by Crippen LogP contribution is 2.34. The van der Waals surface area contributed by atoms with E-state index >= 15 is 0 Å². The van der Waals surface area contributed by atoms with Crippen LogP contribution in [0.3, 0.4) is 0 Å². The lowest BCUT2D eigenvalue weighted by atomic mass is 9.80. The van der Waals surface area contributed by atoms with Crippen molar-refractivity contribution in [2.75, 3.05) is 0 Å². The Morgan fingerprint density at radius 1 is 0.263 bits per heavy atom. The van der Waals surface area contributed by atoms with Gasteiger partial charge in [-0.1, -0.05) is 259 Å². The van der Waals surface area contributed by atoms with Crippen LogP contribution in [0.2, 0.25) is 0 Å². The third-order valence-electron chi connectivity index (χ3n) is 20.6. The molecule has 2 unspecified atom stereocenters. The van der Waals surface area contributed by atoms with Gasteiger partial charge < -0.3 is 21.3 Å². The zero-order valence-corrected chi connectivity index (χ0v) is 53.6. The van der Waals surface area contributed by atoms with E-state index < -0.39 is 11.8 Å². The summed E-state index contributed by atoms with van der Waals surface area (Å²) in [6.07, 6.45) is 64.7. The van der Waals surface area contributed by atoms with Crippen LogP contribution < -0.4 is 21.3 Å². The summed E-state index contributed by atoms with van der Waals surface area (Å²) in [4.78, 5) is 58.8. The van der Waals surface area contributed by atoms with Gasteiger partial charge in [-0.25, -0.2) is 0 Å². The van der Waals surface area contributed by atoms with Gasteiger partial charge in [-0.05, 0) is 126 Å². The average Bonchev–Trinajstić information content (AvgIpc) is 3.46. The van der Waals surface area contributed by atoms with Gasteiger partial charge in [0.1, 0.15) is 0 Å². The zero-order valence-electron chi connectivity index (χ0n) is 53.6. The third kappa shape index (κ3) is 32.8. The molecule has 0 aromatic carbocycles. The van der Waals surface area contributed by atoms with Crippen LogP contribution in [0.25, 0.3) is 0 Å². The molecule has 80 heavy (non-hydrogen) atoms. The molecule has 4 aliphatic carbocycles. The van der Waals surface area contributed by atoms with Crippen molar-refractivity contribution in [1.29, 1.82) is 0 Å². The summed E-state index contributed by atoms with van der Waals surface area (Å²) in [5, 5.41) is 13.7. The molecule has 8 nitrogen and oxygen atoms in total. The first-order valence-corrected chi connectivity index (χ1v) is 36.4. The lowest BCUT2D eigenvalue weighted by Crippen LogP contribution is -2.51. The van der Waals surface area contributed by atoms with Gasteiger partial charge in [-0.2, -0.15) is 0 Å². The van der Waals surface area contributed by atoms with Crippen molar-refractivity contribution in [3.05, 3.63) is 0 Å². The molecule has 0 saturated heterocycles. The second-order valence-electron chi connectivity index (χ2n) is 27.7. The molecule has 4 saturated carbocycles. The Labute approximate surface area is 495 Å². The Hall–Kier alpha value is -2.12. The molecule has 0 aliphatic heterocycles. The van der Waals surface area contributed by atoms with E-state index in [2.05, 4.69) is 49.0 Å². The minimum Gasteiger partial charge on any atom is -0.353 e. The first-order valence-electron chi connectivity index (χ1n) is 36.4. The van der Waals surface area contributed by atoms with Gasteiger partial charge in [0.25, 0.3) is 0 Å². The number of carbonyl (C=O) groups is 4. The standard InChI is InChI=1S/C72H134N4O4/c1-5-9-13-17-21-25-29-33-37-59-41-49-63(50-42-59)73-69(77)57-67(71(79)75-65-53-45-61(46-54-65)39-35-31-27-23-19-15-11-7-3)68(72(80)76-66-55-47-62(48-56-66)40-36-32-28-24-20-16-12-8-4)58-70(78)74-64-51-43-60(44-52-64)38-34-30-26-22-18-14-10-6-2/h59-68H,5-58H2,1-4H3,(H,73,77)(H,74,78)(H,75,79)(H,76,80). The van der Waals surface area contributed by atoms with Crippen LogP contribution in [-0.4, -0.2) is 47.8 Å². The molecule has 4 N–H and O–H groups in total. The van der Waals surface area contributed by atoms with Gasteiger partial charge in [0, 0.05) is 37.0 Å². The molecule has 0 aromatic rings. The monoisotopic (exact) mass is 1120 g/mol. The van der Waals surface area contributed by atoms with Crippen molar-refractivity contribution in [3.63, 3.8) is 0 Å². The summed E-state index contributed by atoms with van der Waals surface area (Å²) in [5.74, 6) is 0.373. The Kier molecular flexibility index (Phi) is 40.6. The highest BCUT2D eigenvalue weighted by molar-refractivity contribution is 5.94. The van der Waals surface area contributed by atoms with Crippen LogP contribution in [-0.2, 0) is 19.2 Å². The molecule has 2 atom stereocenters. The van der Waals surface area contributed by atoms with Gasteiger partial charge >= 0.3 is 0 Å². The Morgan fingerprint density at radius 3 is 0.662 bits per heavy atom. The summed E-state index contributed by atoms with van der Waals surface area (Å²) in [7, 11) is 0. The molecular weight excluding hydrogens is 985 g/mol. The summed E-state index contributed by atoms with van der Waals surface area (Å²) >= 11 is 0. The third-order valence-corrected chi connectivity index (χ3v) is 20.6. The molecule has 0 radical (unpaired) electrons. The normalized spacial score (nSPS) is 24.2. The predicted octanol–water partition coefficient (Wildman–Crippen LogP) is 19.8. The Morgan fingerprint density at radius 2 is 0.450 bits per heavy atom. The maximum atomic E-state index is 15.0. The van der Waals surface area contributed by atoms with E-state index in [0.717, 1.165) is 115 Å². The Balaban J connectivity index is 1.39. The van der Waals surface area contributed by atoms with E-state index in [1.165, 1.54) is 231 Å². The molecule has 4 rings (SSSR count). The van der Waals surface area contributed by atoms with E-state index in [0.29, 0.717) is 11.8 Å². The number of nitrogens with one attached hydrogen (secondary N) is 4. The number of hydrogen-bond acceptors (Lipinski definition) is 4. The van der Waals surface area contributed by atoms with Crippen molar-refractivity contribution in [3.8, 4) is 0 Å². The van der Waals surface area contributed by atoms with Crippen molar-refractivity contribution >= 4 is 23.6 Å². The van der Waals surface area contributed by atoms with Crippen molar-refractivity contribution in [2.45, 2.75) is 399 Å². The number of carbonyl (C=O) groups excluding carboxylic acids is 4. The number of hydrogen-bond donors (Lipinski definition) is 4. The lowest BCUT2D eigenvalue weighted by Gasteiger charge is -2.34. The first-order chi connectivity index (χ1) is 39.2. The second-order valence-corrected chi connectivity index (χ2v) is 27.7. The summed E-state index contributed by atoms with van der Waals surface area (Å²) < 4.78 is 0. The summed E-state index contributed by atoms with van der Waals surface area (Å²) in [5.41, 5.74) is 0. The van der Waals surface area contributed by atoms with E-state index in [1.807, 2.05) is 0 Å². The van der Waals surface area contributed by atoms with Crippen molar-refractivity contribution in [2.24, 2.45) is 35.5 Å². The minimum atomic E-state index is -0.908. The number of amides is 4. The molecule has 4 fully saturated rings. The largest absolute Gasteiger partial charge is 0.353 e. The fraction of sp³-hybridized carbons (Fsp3) is 0.944. The predicted molar refractivity (Wildman–Crippen MR) is 341 cm³/mol.